The highest BCUT2D eigenvalue weighted by Crippen LogP contribution is 2.16. The van der Waals surface area contributed by atoms with Gasteiger partial charge in [0.25, 0.3) is 5.91 Å². The number of amides is 1. The summed E-state index contributed by atoms with van der Waals surface area (Å²) < 4.78 is 16.7. The molecule has 9 heteroatoms. The Hall–Kier alpha value is -2.75. The molecule has 1 aliphatic rings. The van der Waals surface area contributed by atoms with Crippen molar-refractivity contribution < 1.29 is 19.0 Å². The molecule has 0 unspecified atom stereocenters. The number of unbranched alkanes of at least 4 members (excludes halogenated alkanes) is 2. The van der Waals surface area contributed by atoms with Crippen LogP contribution < -0.4 is 20.1 Å². The third-order valence-corrected chi connectivity index (χ3v) is 5.32. The third kappa shape index (κ3) is 8.95. The van der Waals surface area contributed by atoms with Gasteiger partial charge in [-0.05, 0) is 49.0 Å². The van der Waals surface area contributed by atoms with Crippen LogP contribution in [0.15, 0.2) is 42.6 Å². The van der Waals surface area contributed by atoms with Crippen molar-refractivity contribution >= 4 is 28.9 Å². The van der Waals surface area contributed by atoms with Gasteiger partial charge < -0.3 is 19.5 Å². The Kier molecular flexibility index (Phi) is 10.3. The third-order valence-electron chi connectivity index (χ3n) is 5.12. The average molecular weight is 473 g/mol. The Morgan fingerprint density at radius 2 is 1.88 bits per heavy atom. The van der Waals surface area contributed by atoms with Gasteiger partial charge >= 0.3 is 0 Å². The number of hydrogen-bond donors (Lipinski definition) is 2. The number of anilines is 1. The summed E-state index contributed by atoms with van der Waals surface area (Å²) in [5, 5.41) is 5.88. The van der Waals surface area contributed by atoms with Crippen LogP contribution in [0.3, 0.4) is 0 Å². The van der Waals surface area contributed by atoms with Crippen molar-refractivity contribution in [1.29, 1.82) is 0 Å². The normalized spacial score (nSPS) is 13.8. The molecule has 8 nitrogen and oxygen atoms in total. The molecular formula is C24H32N4O4S. The van der Waals surface area contributed by atoms with Crippen molar-refractivity contribution in [1.82, 2.24) is 15.2 Å². The molecule has 1 aromatic carbocycles. The SMILES string of the molecule is CCCCCOc1ccc(NC(=S)NC(=O)c2ccc(OCCN3CCOCC3)nc2)cc1. The van der Waals surface area contributed by atoms with E-state index in [1.807, 2.05) is 24.3 Å². The van der Waals surface area contributed by atoms with Gasteiger partial charge in [-0.25, -0.2) is 4.98 Å². The zero-order valence-corrected chi connectivity index (χ0v) is 19.9. The van der Waals surface area contributed by atoms with Gasteiger partial charge in [-0.3, -0.25) is 15.0 Å². The van der Waals surface area contributed by atoms with Crippen molar-refractivity contribution in [2.75, 3.05) is 51.4 Å². The number of carbonyl (C=O) groups excluding carboxylic acids is 1. The standard InChI is InChI=1S/C24H32N4O4S/c1-2-3-4-14-31-21-8-6-20(7-9-21)26-24(33)27-23(29)19-5-10-22(25-18-19)32-17-13-28-11-15-30-16-12-28/h5-10,18H,2-4,11-17H2,1H3,(H2,26,27,29,33). The van der Waals surface area contributed by atoms with Crippen molar-refractivity contribution in [3.63, 3.8) is 0 Å². The number of nitrogens with zero attached hydrogens (tertiary/aromatic N) is 2. The van der Waals surface area contributed by atoms with Crippen LogP contribution in [0.2, 0.25) is 0 Å². The van der Waals surface area contributed by atoms with Gasteiger partial charge in [0.05, 0.1) is 25.4 Å². The zero-order chi connectivity index (χ0) is 23.3. The fourth-order valence-corrected chi connectivity index (χ4v) is 3.43. The molecule has 33 heavy (non-hydrogen) atoms. The number of benzene rings is 1. The first-order valence-electron chi connectivity index (χ1n) is 11.4. The number of carbonyl (C=O) groups is 1. The van der Waals surface area contributed by atoms with E-state index in [2.05, 4.69) is 27.4 Å². The summed E-state index contributed by atoms with van der Waals surface area (Å²) in [6, 6.07) is 10.8. The number of nitrogens with one attached hydrogen (secondary N) is 2. The highest BCUT2D eigenvalue weighted by atomic mass is 32.1. The zero-order valence-electron chi connectivity index (χ0n) is 19.0. The predicted octanol–water partition coefficient (Wildman–Crippen LogP) is 3.49. The average Bonchev–Trinajstić information content (AvgIpc) is 2.84. The molecule has 1 amide bonds. The fraction of sp³-hybridized carbons (Fsp3) is 0.458. The van der Waals surface area contributed by atoms with Gasteiger partial charge in [-0.15, -0.1) is 0 Å². The van der Waals surface area contributed by atoms with Gasteiger partial charge in [0.1, 0.15) is 12.4 Å². The second kappa shape index (κ2) is 13.7. The van der Waals surface area contributed by atoms with E-state index in [4.69, 9.17) is 26.4 Å². The van der Waals surface area contributed by atoms with Crippen molar-refractivity contribution in [2.24, 2.45) is 0 Å². The van der Waals surface area contributed by atoms with Crippen molar-refractivity contribution in [3.05, 3.63) is 48.2 Å². The Bertz CT molecular complexity index is 871. The highest BCUT2D eigenvalue weighted by Gasteiger charge is 2.11. The summed E-state index contributed by atoms with van der Waals surface area (Å²) in [4.78, 5) is 18.9. The van der Waals surface area contributed by atoms with E-state index in [0.29, 0.717) is 24.7 Å². The maximum Gasteiger partial charge on any atom is 0.258 e. The minimum atomic E-state index is -0.337. The molecule has 2 aromatic rings. The summed E-state index contributed by atoms with van der Waals surface area (Å²) >= 11 is 5.26. The maximum atomic E-state index is 12.4. The number of aromatic nitrogens is 1. The van der Waals surface area contributed by atoms with Crippen LogP contribution in [0.5, 0.6) is 11.6 Å². The van der Waals surface area contributed by atoms with Crippen LogP contribution in [0, 0.1) is 0 Å². The molecule has 2 heterocycles. The Morgan fingerprint density at radius 3 is 2.58 bits per heavy atom. The second-order valence-corrected chi connectivity index (χ2v) is 8.08. The number of pyridine rings is 1. The number of morpholine rings is 1. The monoisotopic (exact) mass is 472 g/mol. The first-order chi connectivity index (χ1) is 16.1. The molecule has 0 saturated carbocycles. The highest BCUT2D eigenvalue weighted by molar-refractivity contribution is 7.80. The lowest BCUT2D eigenvalue weighted by Gasteiger charge is -2.26. The number of thiocarbonyl (C=S) groups is 1. The van der Waals surface area contributed by atoms with E-state index in [0.717, 1.165) is 57.1 Å². The van der Waals surface area contributed by atoms with E-state index >= 15 is 0 Å². The molecule has 0 atom stereocenters. The van der Waals surface area contributed by atoms with Gasteiger partial charge in [0.2, 0.25) is 5.88 Å². The first kappa shape index (κ1) is 24.9. The molecule has 0 radical (unpaired) electrons. The van der Waals surface area contributed by atoms with Crippen molar-refractivity contribution in [3.8, 4) is 11.6 Å². The lowest BCUT2D eigenvalue weighted by molar-refractivity contribution is 0.0320. The molecule has 178 valence electrons. The summed E-state index contributed by atoms with van der Waals surface area (Å²) in [6.45, 7) is 7.59. The van der Waals surface area contributed by atoms with Crippen LogP contribution in [0.4, 0.5) is 5.69 Å². The molecule has 1 aromatic heterocycles. The number of ether oxygens (including phenoxy) is 3. The lowest BCUT2D eigenvalue weighted by atomic mass is 10.2. The molecule has 0 bridgehead atoms. The summed E-state index contributed by atoms with van der Waals surface area (Å²) in [5.74, 6) is 0.957. The van der Waals surface area contributed by atoms with Gasteiger partial charge in [-0.1, -0.05) is 19.8 Å². The summed E-state index contributed by atoms with van der Waals surface area (Å²) in [7, 11) is 0. The van der Waals surface area contributed by atoms with Gasteiger partial charge in [-0.2, -0.15) is 0 Å². The smallest absolute Gasteiger partial charge is 0.258 e. The van der Waals surface area contributed by atoms with Gasteiger partial charge in [0, 0.05) is 37.6 Å². The quantitative estimate of drug-likeness (QED) is 0.380. The number of rotatable bonds is 11. The molecule has 1 saturated heterocycles. The molecular weight excluding hydrogens is 440 g/mol. The minimum Gasteiger partial charge on any atom is -0.494 e. The fourth-order valence-electron chi connectivity index (χ4n) is 3.22. The molecule has 0 aliphatic carbocycles. The summed E-state index contributed by atoms with van der Waals surface area (Å²) in [5.41, 5.74) is 1.17. The van der Waals surface area contributed by atoms with Crippen LogP contribution in [-0.2, 0) is 4.74 Å². The van der Waals surface area contributed by atoms with Gasteiger partial charge in [0.15, 0.2) is 5.11 Å². The topological polar surface area (TPSA) is 85.0 Å². The molecule has 2 N–H and O–H groups in total. The second-order valence-electron chi connectivity index (χ2n) is 7.68. The van der Waals surface area contributed by atoms with Crippen LogP contribution in [-0.4, -0.2) is 67.0 Å². The number of hydrogen-bond acceptors (Lipinski definition) is 7. The molecule has 1 fully saturated rings. The Morgan fingerprint density at radius 1 is 1.09 bits per heavy atom. The minimum absolute atomic E-state index is 0.211. The van der Waals surface area contributed by atoms with E-state index in [1.54, 1.807) is 12.1 Å². The molecule has 1 aliphatic heterocycles. The van der Waals surface area contributed by atoms with Crippen LogP contribution in [0.25, 0.3) is 0 Å². The lowest BCUT2D eigenvalue weighted by Crippen LogP contribution is -2.38. The maximum absolute atomic E-state index is 12.4. The van der Waals surface area contributed by atoms with E-state index < -0.39 is 0 Å². The Labute approximate surface area is 200 Å². The van der Waals surface area contributed by atoms with Crippen molar-refractivity contribution in [2.45, 2.75) is 26.2 Å². The van der Waals surface area contributed by atoms with Crippen LogP contribution in [0.1, 0.15) is 36.5 Å². The largest absolute Gasteiger partial charge is 0.494 e. The first-order valence-corrected chi connectivity index (χ1v) is 11.8. The Balaban J connectivity index is 1.38. The summed E-state index contributed by atoms with van der Waals surface area (Å²) in [6.07, 6.45) is 4.85. The van der Waals surface area contributed by atoms with E-state index in [9.17, 15) is 4.79 Å². The molecule has 0 spiro atoms. The predicted molar refractivity (Wildman–Crippen MR) is 132 cm³/mol. The molecule has 3 rings (SSSR count). The van der Waals surface area contributed by atoms with Crippen LogP contribution >= 0.6 is 12.2 Å². The van der Waals surface area contributed by atoms with E-state index in [1.165, 1.54) is 12.6 Å². The van der Waals surface area contributed by atoms with E-state index in [-0.39, 0.29) is 11.0 Å².